The molecule has 0 saturated carbocycles. The molecule has 0 saturated heterocycles. The quantitative estimate of drug-likeness (QED) is 0.901. The maximum atomic E-state index is 10.9. The molecular formula is C12H11ClN2O4. The lowest BCUT2D eigenvalue weighted by molar-refractivity contribution is 0.0689. The number of aryl methyl sites for hydroxylation is 1. The summed E-state index contributed by atoms with van der Waals surface area (Å²) in [7, 11) is 3.04. The molecule has 2 N–H and O–H groups in total. The number of phenolic OH excluding ortho intramolecular Hbond substituents is 1. The van der Waals surface area contributed by atoms with Gasteiger partial charge in [-0.25, -0.2) is 4.79 Å². The van der Waals surface area contributed by atoms with E-state index in [0.29, 0.717) is 17.0 Å². The fourth-order valence-electron chi connectivity index (χ4n) is 1.73. The zero-order chi connectivity index (χ0) is 14.2. The summed E-state index contributed by atoms with van der Waals surface area (Å²) in [5.74, 6) is -0.833. The number of halogens is 1. The van der Waals surface area contributed by atoms with Crippen LogP contribution in [-0.2, 0) is 7.05 Å². The lowest BCUT2D eigenvalue weighted by Crippen LogP contribution is -1.99. The Kier molecular flexibility index (Phi) is 3.35. The van der Waals surface area contributed by atoms with Gasteiger partial charge >= 0.3 is 5.97 Å². The van der Waals surface area contributed by atoms with E-state index in [1.165, 1.54) is 30.0 Å². The third-order valence-corrected chi connectivity index (χ3v) is 2.94. The number of aromatic carboxylic acids is 1. The summed E-state index contributed by atoms with van der Waals surface area (Å²) in [4.78, 5) is 10.9. The largest absolute Gasteiger partial charge is 0.507 e. The van der Waals surface area contributed by atoms with E-state index in [2.05, 4.69) is 5.10 Å². The van der Waals surface area contributed by atoms with Gasteiger partial charge in [0, 0.05) is 18.7 Å². The fraction of sp³-hybridized carbons (Fsp3) is 0.167. The molecule has 0 aliphatic carbocycles. The van der Waals surface area contributed by atoms with Crippen LogP contribution in [0.4, 0.5) is 0 Å². The van der Waals surface area contributed by atoms with Gasteiger partial charge in [-0.3, -0.25) is 4.68 Å². The lowest BCUT2D eigenvalue weighted by atomic mass is 10.1. The lowest BCUT2D eigenvalue weighted by Gasteiger charge is -2.09. The number of methoxy groups -OCH3 is 1. The first-order valence-corrected chi connectivity index (χ1v) is 5.66. The Bertz CT molecular complexity index is 651. The van der Waals surface area contributed by atoms with Gasteiger partial charge in [0.1, 0.15) is 11.5 Å². The normalized spacial score (nSPS) is 10.5. The molecule has 1 aromatic heterocycles. The van der Waals surface area contributed by atoms with Crippen LogP contribution >= 0.6 is 11.6 Å². The van der Waals surface area contributed by atoms with Crippen LogP contribution in [0.2, 0.25) is 5.02 Å². The molecule has 19 heavy (non-hydrogen) atoms. The highest BCUT2D eigenvalue weighted by atomic mass is 35.5. The first kappa shape index (κ1) is 13.2. The van der Waals surface area contributed by atoms with E-state index >= 15 is 0 Å². The number of phenols is 1. The SMILES string of the molecule is COc1cc(-c2cc(C(=O)O)nn2C)c(O)cc1Cl. The van der Waals surface area contributed by atoms with Crippen molar-refractivity contribution >= 4 is 17.6 Å². The monoisotopic (exact) mass is 282 g/mol. The van der Waals surface area contributed by atoms with Crippen LogP contribution in [0.5, 0.6) is 11.5 Å². The molecule has 0 fully saturated rings. The second-order valence-electron chi connectivity index (χ2n) is 3.85. The molecule has 7 heteroatoms. The molecule has 0 spiro atoms. The number of carboxylic acids is 1. The first-order valence-electron chi connectivity index (χ1n) is 5.28. The number of rotatable bonds is 3. The van der Waals surface area contributed by atoms with E-state index in [-0.39, 0.29) is 16.5 Å². The molecule has 2 aromatic rings. The van der Waals surface area contributed by atoms with Crippen LogP contribution in [0.3, 0.4) is 0 Å². The highest BCUT2D eigenvalue weighted by molar-refractivity contribution is 6.32. The summed E-state index contributed by atoms with van der Waals surface area (Å²) >= 11 is 5.88. The Balaban J connectivity index is 2.61. The number of carbonyl (C=O) groups is 1. The molecule has 0 unspecified atom stereocenters. The molecule has 0 atom stereocenters. The number of aromatic hydroxyl groups is 1. The first-order chi connectivity index (χ1) is 8.93. The number of hydrogen-bond acceptors (Lipinski definition) is 4. The van der Waals surface area contributed by atoms with Gasteiger partial charge < -0.3 is 14.9 Å². The summed E-state index contributed by atoms with van der Waals surface area (Å²) in [6, 6.07) is 4.23. The van der Waals surface area contributed by atoms with Gasteiger partial charge in [-0.1, -0.05) is 11.6 Å². The predicted octanol–water partition coefficient (Wildman–Crippen LogP) is 2.15. The van der Waals surface area contributed by atoms with Crippen molar-refractivity contribution in [1.29, 1.82) is 0 Å². The average molecular weight is 283 g/mol. The zero-order valence-electron chi connectivity index (χ0n) is 10.2. The minimum absolute atomic E-state index is 0.0780. The van der Waals surface area contributed by atoms with Gasteiger partial charge in [-0.2, -0.15) is 5.10 Å². The number of nitrogens with zero attached hydrogens (tertiary/aromatic N) is 2. The Labute approximate surface area is 113 Å². The molecule has 0 radical (unpaired) electrons. The molecule has 1 heterocycles. The molecule has 6 nitrogen and oxygen atoms in total. The highest BCUT2D eigenvalue weighted by Gasteiger charge is 2.17. The van der Waals surface area contributed by atoms with Crippen molar-refractivity contribution in [3.8, 4) is 22.8 Å². The minimum Gasteiger partial charge on any atom is -0.507 e. The van der Waals surface area contributed by atoms with Crippen LogP contribution in [0.25, 0.3) is 11.3 Å². The number of hydrogen-bond donors (Lipinski definition) is 2. The van der Waals surface area contributed by atoms with Crippen molar-refractivity contribution in [2.75, 3.05) is 7.11 Å². The fourth-order valence-corrected chi connectivity index (χ4v) is 1.96. The third kappa shape index (κ3) is 2.34. The number of ether oxygens (including phenoxy) is 1. The summed E-state index contributed by atoms with van der Waals surface area (Å²) in [5, 5.41) is 22.9. The van der Waals surface area contributed by atoms with Crippen LogP contribution in [0, 0.1) is 0 Å². The average Bonchev–Trinajstić information content (AvgIpc) is 2.72. The second-order valence-corrected chi connectivity index (χ2v) is 4.25. The van der Waals surface area contributed by atoms with Crippen LogP contribution in [0.1, 0.15) is 10.5 Å². The molecule has 100 valence electrons. The predicted molar refractivity (Wildman–Crippen MR) is 68.8 cm³/mol. The van der Waals surface area contributed by atoms with Crippen LogP contribution < -0.4 is 4.74 Å². The standard InChI is InChI=1S/C12H11ClN2O4/c1-15-9(5-8(14-15)12(17)18)6-3-11(19-2)7(13)4-10(6)16/h3-5,16H,1-2H3,(H,17,18). The van der Waals surface area contributed by atoms with Gasteiger partial charge in [-0.05, 0) is 12.1 Å². The Morgan fingerprint density at radius 2 is 2.11 bits per heavy atom. The van der Waals surface area contributed by atoms with Gasteiger partial charge in [0.05, 0.1) is 17.8 Å². The smallest absolute Gasteiger partial charge is 0.356 e. The highest BCUT2D eigenvalue weighted by Crippen LogP contribution is 2.37. The van der Waals surface area contributed by atoms with Gasteiger partial charge in [0.15, 0.2) is 5.69 Å². The second kappa shape index (κ2) is 4.81. The molecule has 2 rings (SSSR count). The molecule has 1 aromatic carbocycles. The molecule has 0 aliphatic heterocycles. The van der Waals surface area contributed by atoms with Crippen molar-refractivity contribution < 1.29 is 19.7 Å². The summed E-state index contributed by atoms with van der Waals surface area (Å²) < 4.78 is 6.43. The van der Waals surface area contributed by atoms with Crippen molar-refractivity contribution in [2.24, 2.45) is 7.05 Å². The summed E-state index contributed by atoms with van der Waals surface area (Å²) in [6.45, 7) is 0. The van der Waals surface area contributed by atoms with Gasteiger partial charge in [0.25, 0.3) is 0 Å². The zero-order valence-corrected chi connectivity index (χ0v) is 11.0. The summed E-state index contributed by atoms with van der Waals surface area (Å²) in [6.07, 6.45) is 0. The van der Waals surface area contributed by atoms with Gasteiger partial charge in [-0.15, -0.1) is 0 Å². The van der Waals surface area contributed by atoms with Gasteiger partial charge in [0.2, 0.25) is 0 Å². The molecular weight excluding hydrogens is 272 g/mol. The summed E-state index contributed by atoms with van der Waals surface area (Å²) in [5.41, 5.74) is 0.736. The third-order valence-electron chi connectivity index (χ3n) is 2.65. The van der Waals surface area contributed by atoms with E-state index in [4.69, 9.17) is 21.4 Å². The topological polar surface area (TPSA) is 84.6 Å². The maximum Gasteiger partial charge on any atom is 0.356 e. The Morgan fingerprint density at radius 3 is 2.63 bits per heavy atom. The van der Waals surface area contributed by atoms with E-state index in [1.54, 1.807) is 7.05 Å². The van der Waals surface area contributed by atoms with E-state index in [9.17, 15) is 9.90 Å². The van der Waals surface area contributed by atoms with E-state index < -0.39 is 5.97 Å². The minimum atomic E-state index is -1.14. The van der Waals surface area contributed by atoms with Crippen molar-refractivity contribution in [2.45, 2.75) is 0 Å². The van der Waals surface area contributed by atoms with Crippen LogP contribution in [0.15, 0.2) is 18.2 Å². The van der Waals surface area contributed by atoms with E-state index in [0.717, 1.165) is 0 Å². The maximum absolute atomic E-state index is 10.9. The molecule has 0 bridgehead atoms. The molecule has 0 aliphatic rings. The van der Waals surface area contributed by atoms with Crippen molar-refractivity contribution in [3.05, 3.63) is 28.9 Å². The number of aromatic nitrogens is 2. The number of benzene rings is 1. The molecule has 0 amide bonds. The van der Waals surface area contributed by atoms with Crippen molar-refractivity contribution in [3.63, 3.8) is 0 Å². The number of carboxylic acid groups (broad SMARTS) is 1. The van der Waals surface area contributed by atoms with E-state index in [1.807, 2.05) is 0 Å². The van der Waals surface area contributed by atoms with Crippen molar-refractivity contribution in [1.82, 2.24) is 9.78 Å². The Hall–Kier alpha value is -2.21. The Morgan fingerprint density at radius 1 is 1.42 bits per heavy atom. The van der Waals surface area contributed by atoms with Crippen LogP contribution in [-0.4, -0.2) is 33.1 Å².